The summed E-state index contributed by atoms with van der Waals surface area (Å²) in [5.41, 5.74) is 2.72. The van der Waals surface area contributed by atoms with Gasteiger partial charge in [-0.25, -0.2) is 4.98 Å². The van der Waals surface area contributed by atoms with Crippen molar-refractivity contribution in [3.05, 3.63) is 53.2 Å². The van der Waals surface area contributed by atoms with Gasteiger partial charge in [0.15, 0.2) is 0 Å². The number of nitriles is 1. The maximum absolute atomic E-state index is 8.67. The third-order valence-electron chi connectivity index (χ3n) is 2.42. The Bertz CT molecular complexity index is 568. The lowest BCUT2D eigenvalue weighted by molar-refractivity contribution is 0.459. The quantitative estimate of drug-likeness (QED) is 0.785. The monoisotopic (exact) mass is 224 g/mol. The van der Waals surface area contributed by atoms with E-state index in [1.807, 2.05) is 38.1 Å². The number of ether oxygens (including phenoxy) is 1. The number of pyridine rings is 1. The van der Waals surface area contributed by atoms with Crippen LogP contribution in [0.5, 0.6) is 11.6 Å². The Morgan fingerprint density at radius 2 is 2.00 bits per heavy atom. The van der Waals surface area contributed by atoms with Crippen molar-refractivity contribution in [1.82, 2.24) is 4.98 Å². The summed E-state index contributed by atoms with van der Waals surface area (Å²) in [4.78, 5) is 4.07. The second-order valence-electron chi connectivity index (χ2n) is 3.87. The topological polar surface area (TPSA) is 45.9 Å². The summed E-state index contributed by atoms with van der Waals surface area (Å²) >= 11 is 0. The van der Waals surface area contributed by atoms with Crippen LogP contribution in [0, 0.1) is 25.2 Å². The molecule has 3 nitrogen and oxygen atoms in total. The van der Waals surface area contributed by atoms with Gasteiger partial charge in [-0.3, -0.25) is 0 Å². The van der Waals surface area contributed by atoms with E-state index in [0.717, 1.165) is 16.9 Å². The van der Waals surface area contributed by atoms with Crippen LogP contribution in [0.25, 0.3) is 0 Å². The van der Waals surface area contributed by atoms with Crippen molar-refractivity contribution >= 4 is 0 Å². The first kappa shape index (κ1) is 11.2. The van der Waals surface area contributed by atoms with Gasteiger partial charge in [0.05, 0.1) is 5.56 Å². The number of aromatic nitrogens is 1. The molecule has 0 radical (unpaired) electrons. The molecule has 2 rings (SSSR count). The minimum atomic E-state index is 0.498. The third kappa shape index (κ3) is 2.61. The maximum Gasteiger partial charge on any atom is 0.219 e. The molecular weight excluding hydrogens is 212 g/mol. The lowest BCUT2D eigenvalue weighted by Crippen LogP contribution is -1.91. The summed E-state index contributed by atoms with van der Waals surface area (Å²) in [5.74, 6) is 1.29. The van der Waals surface area contributed by atoms with Crippen LogP contribution in [0.4, 0.5) is 0 Å². The van der Waals surface area contributed by atoms with Crippen molar-refractivity contribution < 1.29 is 4.74 Å². The molecule has 0 atom stereocenters. The van der Waals surface area contributed by atoms with Crippen molar-refractivity contribution in [2.24, 2.45) is 0 Å². The molecule has 0 saturated carbocycles. The smallest absolute Gasteiger partial charge is 0.219 e. The summed E-state index contributed by atoms with van der Waals surface area (Å²) in [5, 5.41) is 8.67. The fourth-order valence-electron chi connectivity index (χ4n) is 1.44. The highest BCUT2D eigenvalue weighted by Crippen LogP contribution is 2.24. The van der Waals surface area contributed by atoms with Gasteiger partial charge in [-0.2, -0.15) is 5.26 Å². The zero-order chi connectivity index (χ0) is 12.3. The van der Waals surface area contributed by atoms with Gasteiger partial charge in [0, 0.05) is 12.3 Å². The van der Waals surface area contributed by atoms with E-state index < -0.39 is 0 Å². The minimum absolute atomic E-state index is 0.498. The highest BCUT2D eigenvalue weighted by Gasteiger charge is 2.02. The molecule has 2 aromatic rings. The number of nitrogens with zero attached hydrogens (tertiary/aromatic N) is 2. The largest absolute Gasteiger partial charge is 0.439 e. The van der Waals surface area contributed by atoms with Gasteiger partial charge in [-0.1, -0.05) is 12.1 Å². The second-order valence-corrected chi connectivity index (χ2v) is 3.87. The Balaban J connectivity index is 2.25. The van der Waals surface area contributed by atoms with Gasteiger partial charge in [0.25, 0.3) is 0 Å². The molecule has 0 spiro atoms. The van der Waals surface area contributed by atoms with Crippen LogP contribution >= 0.6 is 0 Å². The highest BCUT2D eigenvalue weighted by molar-refractivity contribution is 5.39. The van der Waals surface area contributed by atoms with Crippen LogP contribution in [0.3, 0.4) is 0 Å². The van der Waals surface area contributed by atoms with Crippen molar-refractivity contribution in [1.29, 1.82) is 5.26 Å². The molecule has 0 unspecified atom stereocenters. The fourth-order valence-corrected chi connectivity index (χ4v) is 1.44. The SMILES string of the molecule is Cc1ccc(C)c(Oc2ccc(C#N)cn2)c1. The van der Waals surface area contributed by atoms with Crippen molar-refractivity contribution in [2.45, 2.75) is 13.8 Å². The van der Waals surface area contributed by atoms with Gasteiger partial charge in [0.2, 0.25) is 5.88 Å². The van der Waals surface area contributed by atoms with Crippen LogP contribution in [-0.4, -0.2) is 4.98 Å². The number of benzene rings is 1. The van der Waals surface area contributed by atoms with Gasteiger partial charge in [-0.05, 0) is 37.1 Å². The predicted molar refractivity (Wildman–Crippen MR) is 64.9 cm³/mol. The average Bonchev–Trinajstić information content (AvgIpc) is 2.35. The first-order valence-electron chi connectivity index (χ1n) is 5.30. The van der Waals surface area contributed by atoms with E-state index in [4.69, 9.17) is 10.00 Å². The molecule has 1 aromatic heterocycles. The number of hydrogen-bond acceptors (Lipinski definition) is 3. The molecule has 0 N–H and O–H groups in total. The summed E-state index contributed by atoms with van der Waals surface area (Å²) in [6.07, 6.45) is 1.50. The Morgan fingerprint density at radius 1 is 1.18 bits per heavy atom. The molecule has 0 bridgehead atoms. The van der Waals surface area contributed by atoms with E-state index in [-0.39, 0.29) is 0 Å². The van der Waals surface area contributed by atoms with Gasteiger partial charge in [-0.15, -0.1) is 0 Å². The zero-order valence-corrected chi connectivity index (χ0v) is 9.77. The van der Waals surface area contributed by atoms with Crippen molar-refractivity contribution in [3.63, 3.8) is 0 Å². The predicted octanol–water partition coefficient (Wildman–Crippen LogP) is 3.36. The standard InChI is InChI=1S/C14H12N2O/c1-10-3-4-11(2)13(7-10)17-14-6-5-12(8-15)9-16-14/h3-7,9H,1-2H3. The van der Waals surface area contributed by atoms with Crippen LogP contribution in [0.1, 0.15) is 16.7 Å². The lowest BCUT2D eigenvalue weighted by atomic mass is 10.1. The Hall–Kier alpha value is -2.34. The Kier molecular flexibility index (Phi) is 3.06. The molecule has 0 aliphatic carbocycles. The van der Waals surface area contributed by atoms with Gasteiger partial charge in [0.1, 0.15) is 11.8 Å². The van der Waals surface area contributed by atoms with Crippen LogP contribution in [-0.2, 0) is 0 Å². The van der Waals surface area contributed by atoms with Crippen molar-refractivity contribution in [2.75, 3.05) is 0 Å². The number of aryl methyl sites for hydroxylation is 2. The first-order valence-corrected chi connectivity index (χ1v) is 5.30. The molecule has 0 aliphatic rings. The molecule has 0 saturated heterocycles. The van der Waals surface area contributed by atoms with Crippen LogP contribution in [0.2, 0.25) is 0 Å². The van der Waals surface area contributed by atoms with E-state index in [0.29, 0.717) is 11.4 Å². The average molecular weight is 224 g/mol. The molecule has 17 heavy (non-hydrogen) atoms. The zero-order valence-electron chi connectivity index (χ0n) is 9.77. The summed E-state index contributed by atoms with van der Waals surface area (Å²) < 4.78 is 5.67. The molecule has 0 fully saturated rings. The van der Waals surface area contributed by atoms with Crippen LogP contribution < -0.4 is 4.74 Å². The lowest BCUT2D eigenvalue weighted by Gasteiger charge is -2.08. The molecule has 1 aromatic carbocycles. The third-order valence-corrected chi connectivity index (χ3v) is 2.42. The van der Waals surface area contributed by atoms with E-state index in [1.54, 1.807) is 12.1 Å². The Morgan fingerprint density at radius 3 is 2.65 bits per heavy atom. The van der Waals surface area contributed by atoms with Crippen molar-refractivity contribution in [3.8, 4) is 17.7 Å². The minimum Gasteiger partial charge on any atom is -0.439 e. The Labute approximate surface area is 100 Å². The molecule has 1 heterocycles. The first-order chi connectivity index (χ1) is 8.19. The molecule has 84 valence electrons. The van der Waals surface area contributed by atoms with E-state index in [2.05, 4.69) is 4.98 Å². The summed E-state index contributed by atoms with van der Waals surface area (Å²) in [7, 11) is 0. The van der Waals surface area contributed by atoms with Gasteiger partial charge < -0.3 is 4.74 Å². The molecule has 3 heteroatoms. The van der Waals surface area contributed by atoms with E-state index >= 15 is 0 Å². The molecule has 0 amide bonds. The molecular formula is C14H12N2O. The van der Waals surface area contributed by atoms with Gasteiger partial charge >= 0.3 is 0 Å². The van der Waals surface area contributed by atoms with E-state index in [9.17, 15) is 0 Å². The van der Waals surface area contributed by atoms with Crippen LogP contribution in [0.15, 0.2) is 36.5 Å². The van der Waals surface area contributed by atoms with E-state index in [1.165, 1.54) is 6.20 Å². The number of rotatable bonds is 2. The highest BCUT2D eigenvalue weighted by atomic mass is 16.5. The summed E-state index contributed by atoms with van der Waals surface area (Å²) in [6.45, 7) is 4.00. The summed E-state index contributed by atoms with van der Waals surface area (Å²) in [6, 6.07) is 11.4. The fraction of sp³-hybridized carbons (Fsp3) is 0.143. The normalized spacial score (nSPS) is 9.71. The maximum atomic E-state index is 8.67. The molecule has 0 aliphatic heterocycles. The number of hydrogen-bond donors (Lipinski definition) is 0. The second kappa shape index (κ2) is 4.67.